The molecule has 0 bridgehead atoms. The van der Waals surface area contributed by atoms with Gasteiger partial charge in [0.15, 0.2) is 0 Å². The van der Waals surface area contributed by atoms with E-state index in [0.29, 0.717) is 5.82 Å². The summed E-state index contributed by atoms with van der Waals surface area (Å²) >= 11 is 0. The second kappa shape index (κ2) is 3.34. The van der Waals surface area contributed by atoms with Crippen molar-refractivity contribution in [3.05, 3.63) is 17.7 Å². The molecule has 0 aromatic carbocycles. The average Bonchev–Trinajstić information content (AvgIpc) is 2.37. The van der Waals surface area contributed by atoms with Crippen LogP contribution in [0.4, 0.5) is 0 Å². The number of imidazole rings is 1. The first-order valence-electron chi connectivity index (χ1n) is 3.15. The van der Waals surface area contributed by atoms with Crippen LogP contribution >= 0.6 is 0 Å². The van der Waals surface area contributed by atoms with Crippen LogP contribution in [-0.2, 0) is 13.2 Å². The number of nitrogens with zero attached hydrogens (tertiary/aromatic N) is 1. The topological polar surface area (TPSA) is 60.9 Å². The molecule has 4 nitrogen and oxygen atoms in total. The van der Waals surface area contributed by atoms with E-state index in [-0.39, 0.29) is 6.61 Å². The third-order valence-electron chi connectivity index (χ3n) is 1.20. The second-order valence-corrected chi connectivity index (χ2v) is 2.04. The van der Waals surface area contributed by atoms with Crippen LogP contribution in [0, 0.1) is 0 Å². The summed E-state index contributed by atoms with van der Waals surface area (Å²) in [4.78, 5) is 6.85. The van der Waals surface area contributed by atoms with Gasteiger partial charge in [-0.15, -0.1) is 0 Å². The predicted molar refractivity (Wildman–Crippen MR) is 37.3 cm³/mol. The number of aliphatic hydroxyl groups is 1. The Morgan fingerprint density at radius 1 is 1.80 bits per heavy atom. The average molecular weight is 141 g/mol. The number of H-pyrrole nitrogens is 1. The van der Waals surface area contributed by atoms with Crippen LogP contribution in [-0.4, -0.2) is 22.1 Å². The highest BCUT2D eigenvalue weighted by molar-refractivity contribution is 4.99. The van der Waals surface area contributed by atoms with Crippen LogP contribution in [0.5, 0.6) is 0 Å². The third-order valence-corrected chi connectivity index (χ3v) is 1.20. The zero-order valence-electron chi connectivity index (χ0n) is 5.89. The summed E-state index contributed by atoms with van der Waals surface area (Å²) < 4.78 is 0. The molecule has 0 aliphatic carbocycles. The van der Waals surface area contributed by atoms with E-state index in [1.165, 1.54) is 0 Å². The smallest absolute Gasteiger partial charge is 0.132 e. The van der Waals surface area contributed by atoms with E-state index in [9.17, 15) is 0 Å². The van der Waals surface area contributed by atoms with Crippen molar-refractivity contribution in [1.29, 1.82) is 0 Å². The molecule has 0 spiro atoms. The number of hydrogen-bond acceptors (Lipinski definition) is 3. The first kappa shape index (κ1) is 7.24. The summed E-state index contributed by atoms with van der Waals surface area (Å²) in [6.07, 6.45) is 1.71. The molecule has 1 aromatic rings. The number of aromatic nitrogens is 2. The Kier molecular flexibility index (Phi) is 2.42. The third kappa shape index (κ3) is 1.55. The van der Waals surface area contributed by atoms with Crippen molar-refractivity contribution < 1.29 is 5.11 Å². The van der Waals surface area contributed by atoms with E-state index >= 15 is 0 Å². The summed E-state index contributed by atoms with van der Waals surface area (Å²) in [5.41, 5.74) is 0.992. The number of hydrogen-bond donors (Lipinski definition) is 3. The van der Waals surface area contributed by atoms with E-state index in [1.54, 1.807) is 6.20 Å². The van der Waals surface area contributed by atoms with Crippen LogP contribution < -0.4 is 5.32 Å². The van der Waals surface area contributed by atoms with Crippen LogP contribution in [0.25, 0.3) is 0 Å². The van der Waals surface area contributed by atoms with Crippen molar-refractivity contribution in [2.45, 2.75) is 13.2 Å². The molecule has 0 amide bonds. The standard InChI is InChI=1S/C6H11N3O/c1-7-2-5-3-8-6(4-10)9-5/h3,7,10H,2,4H2,1H3,(H,8,9). The molecular formula is C6H11N3O. The van der Waals surface area contributed by atoms with Gasteiger partial charge in [-0.1, -0.05) is 0 Å². The van der Waals surface area contributed by atoms with E-state index in [1.807, 2.05) is 7.05 Å². The van der Waals surface area contributed by atoms with Crippen molar-refractivity contribution in [2.24, 2.45) is 0 Å². The highest BCUT2D eigenvalue weighted by Gasteiger charge is 1.95. The molecule has 1 rings (SSSR count). The van der Waals surface area contributed by atoms with Crippen LogP contribution in [0.15, 0.2) is 6.20 Å². The maximum atomic E-state index is 8.60. The maximum absolute atomic E-state index is 8.60. The maximum Gasteiger partial charge on any atom is 0.132 e. The Bertz CT molecular complexity index is 197. The van der Waals surface area contributed by atoms with Crippen LogP contribution in [0.1, 0.15) is 11.5 Å². The molecule has 1 heterocycles. The lowest BCUT2D eigenvalue weighted by atomic mass is 10.5. The number of aromatic amines is 1. The van der Waals surface area contributed by atoms with Gasteiger partial charge in [-0.2, -0.15) is 0 Å². The SMILES string of the molecule is CNCc1cnc(CO)[nH]1. The minimum atomic E-state index is -0.0241. The first-order chi connectivity index (χ1) is 4.86. The molecule has 0 atom stereocenters. The van der Waals surface area contributed by atoms with Gasteiger partial charge in [0, 0.05) is 18.4 Å². The Balaban J connectivity index is 2.59. The first-order valence-corrected chi connectivity index (χ1v) is 3.15. The minimum absolute atomic E-state index is 0.0241. The van der Waals surface area contributed by atoms with E-state index in [0.717, 1.165) is 12.2 Å². The zero-order valence-corrected chi connectivity index (χ0v) is 5.89. The van der Waals surface area contributed by atoms with Gasteiger partial charge in [-0.25, -0.2) is 4.98 Å². The number of nitrogens with one attached hydrogen (secondary N) is 2. The molecule has 0 radical (unpaired) electrons. The highest BCUT2D eigenvalue weighted by atomic mass is 16.3. The summed E-state index contributed by atoms with van der Waals surface area (Å²) in [6.45, 7) is 0.733. The lowest BCUT2D eigenvalue weighted by molar-refractivity contribution is 0.272. The monoisotopic (exact) mass is 141 g/mol. The highest BCUT2D eigenvalue weighted by Crippen LogP contribution is 1.95. The van der Waals surface area contributed by atoms with E-state index < -0.39 is 0 Å². The lowest BCUT2D eigenvalue weighted by Gasteiger charge is -1.91. The van der Waals surface area contributed by atoms with Crippen molar-refractivity contribution in [1.82, 2.24) is 15.3 Å². The molecular weight excluding hydrogens is 130 g/mol. The molecule has 0 aliphatic rings. The molecule has 56 valence electrons. The van der Waals surface area contributed by atoms with Crippen molar-refractivity contribution >= 4 is 0 Å². The molecule has 3 N–H and O–H groups in total. The van der Waals surface area contributed by atoms with E-state index in [4.69, 9.17) is 5.11 Å². The van der Waals surface area contributed by atoms with Crippen LogP contribution in [0.2, 0.25) is 0 Å². The quantitative estimate of drug-likeness (QED) is 0.538. The molecule has 0 fully saturated rings. The predicted octanol–water partition coefficient (Wildman–Crippen LogP) is -0.379. The summed E-state index contributed by atoms with van der Waals surface area (Å²) in [7, 11) is 1.86. The van der Waals surface area contributed by atoms with Gasteiger partial charge in [-0.05, 0) is 7.05 Å². The Morgan fingerprint density at radius 3 is 3.10 bits per heavy atom. The Hall–Kier alpha value is -0.870. The fourth-order valence-corrected chi connectivity index (χ4v) is 0.766. The Morgan fingerprint density at radius 2 is 2.60 bits per heavy atom. The number of rotatable bonds is 3. The van der Waals surface area contributed by atoms with Gasteiger partial charge in [0.2, 0.25) is 0 Å². The lowest BCUT2D eigenvalue weighted by Crippen LogP contribution is -2.05. The molecule has 4 heteroatoms. The molecule has 1 aromatic heterocycles. The molecule has 0 saturated heterocycles. The molecule has 0 unspecified atom stereocenters. The minimum Gasteiger partial charge on any atom is -0.388 e. The second-order valence-electron chi connectivity index (χ2n) is 2.04. The normalized spacial score (nSPS) is 10.2. The summed E-state index contributed by atoms with van der Waals surface area (Å²) in [5, 5.41) is 11.6. The molecule has 0 aliphatic heterocycles. The largest absolute Gasteiger partial charge is 0.388 e. The van der Waals surface area contributed by atoms with Crippen molar-refractivity contribution in [3.8, 4) is 0 Å². The fraction of sp³-hybridized carbons (Fsp3) is 0.500. The van der Waals surface area contributed by atoms with Gasteiger partial charge in [0.25, 0.3) is 0 Å². The van der Waals surface area contributed by atoms with Gasteiger partial charge in [0.05, 0.1) is 0 Å². The molecule has 10 heavy (non-hydrogen) atoms. The van der Waals surface area contributed by atoms with Crippen molar-refractivity contribution in [2.75, 3.05) is 7.05 Å². The fourth-order valence-electron chi connectivity index (χ4n) is 0.766. The summed E-state index contributed by atoms with van der Waals surface area (Å²) in [6, 6.07) is 0. The van der Waals surface area contributed by atoms with Crippen molar-refractivity contribution in [3.63, 3.8) is 0 Å². The zero-order chi connectivity index (χ0) is 7.40. The summed E-state index contributed by atoms with van der Waals surface area (Å²) in [5.74, 6) is 0.616. The van der Waals surface area contributed by atoms with Crippen LogP contribution in [0.3, 0.4) is 0 Å². The number of aliphatic hydroxyl groups excluding tert-OH is 1. The van der Waals surface area contributed by atoms with Gasteiger partial charge in [0.1, 0.15) is 12.4 Å². The van der Waals surface area contributed by atoms with Gasteiger partial charge >= 0.3 is 0 Å². The van der Waals surface area contributed by atoms with Gasteiger partial charge < -0.3 is 15.4 Å². The van der Waals surface area contributed by atoms with Gasteiger partial charge in [-0.3, -0.25) is 0 Å². The molecule has 0 saturated carbocycles. The Labute approximate surface area is 59.3 Å². The van der Waals surface area contributed by atoms with E-state index in [2.05, 4.69) is 15.3 Å².